The summed E-state index contributed by atoms with van der Waals surface area (Å²) >= 11 is 6.02. The maximum Gasteiger partial charge on any atom is 0.273 e. The molecular weight excluding hydrogens is 318 g/mol. The summed E-state index contributed by atoms with van der Waals surface area (Å²) < 4.78 is 5.80. The lowest BCUT2D eigenvalue weighted by Crippen LogP contribution is -2.53. The van der Waals surface area contributed by atoms with Crippen molar-refractivity contribution >= 4 is 23.3 Å². The van der Waals surface area contributed by atoms with Crippen LogP contribution in [0.2, 0.25) is 5.02 Å². The van der Waals surface area contributed by atoms with Gasteiger partial charge in [-0.05, 0) is 26.7 Å². The second-order valence-electron chi connectivity index (χ2n) is 6.53. The number of aromatic nitrogens is 2. The van der Waals surface area contributed by atoms with Gasteiger partial charge in [-0.2, -0.15) is 5.10 Å². The number of rotatable bonds is 2. The van der Waals surface area contributed by atoms with E-state index in [9.17, 15) is 4.79 Å². The molecule has 3 heterocycles. The number of nitrogens with one attached hydrogen (secondary N) is 1. The van der Waals surface area contributed by atoms with Gasteiger partial charge in [0.15, 0.2) is 5.82 Å². The molecular formula is C15H24ClN5O2. The highest BCUT2D eigenvalue weighted by Gasteiger charge is 2.32. The summed E-state index contributed by atoms with van der Waals surface area (Å²) in [4.78, 5) is 16.8. The van der Waals surface area contributed by atoms with Crippen LogP contribution >= 0.6 is 11.6 Å². The van der Waals surface area contributed by atoms with Gasteiger partial charge in [0.2, 0.25) is 0 Å². The number of H-pyrrole nitrogens is 1. The van der Waals surface area contributed by atoms with E-state index in [1.54, 1.807) is 0 Å². The second-order valence-corrected chi connectivity index (χ2v) is 6.91. The Labute approximate surface area is 141 Å². The molecule has 7 nitrogen and oxygen atoms in total. The van der Waals surface area contributed by atoms with Crippen LogP contribution in [0.15, 0.2) is 0 Å². The molecule has 1 amide bonds. The second kappa shape index (κ2) is 6.67. The average molecular weight is 342 g/mol. The molecule has 0 bridgehead atoms. The number of carbonyl (C=O) groups excluding carboxylic acids is 1. The molecule has 2 fully saturated rings. The molecule has 23 heavy (non-hydrogen) atoms. The van der Waals surface area contributed by atoms with Gasteiger partial charge in [0, 0.05) is 32.2 Å². The Kier molecular flexibility index (Phi) is 4.79. The lowest BCUT2D eigenvalue weighted by Gasteiger charge is -2.43. The lowest BCUT2D eigenvalue weighted by molar-refractivity contribution is -0.0856. The standard InChI is InChI=1S/C15H24ClN5O2/c1-9-7-21(8-10(2)23-9)11-3-5-20(6-4-11)15(22)13-12(16)14(17)19-18-13/h9-11H,3-8H2,1-2H3,(H3,17,18,19)/t9-,10+. The Morgan fingerprint density at radius 1 is 1.30 bits per heavy atom. The maximum absolute atomic E-state index is 12.5. The molecule has 128 valence electrons. The smallest absolute Gasteiger partial charge is 0.273 e. The van der Waals surface area contributed by atoms with E-state index in [-0.39, 0.29) is 34.6 Å². The summed E-state index contributed by atoms with van der Waals surface area (Å²) in [6.07, 6.45) is 2.47. The Balaban J connectivity index is 1.58. The van der Waals surface area contributed by atoms with Gasteiger partial charge in [0.05, 0.1) is 12.2 Å². The molecule has 1 aromatic heterocycles. The van der Waals surface area contributed by atoms with Gasteiger partial charge < -0.3 is 15.4 Å². The average Bonchev–Trinajstić information content (AvgIpc) is 2.85. The summed E-state index contributed by atoms with van der Waals surface area (Å²) in [7, 11) is 0. The van der Waals surface area contributed by atoms with Crippen LogP contribution in [0, 0.1) is 0 Å². The van der Waals surface area contributed by atoms with Gasteiger partial charge in [0.1, 0.15) is 10.7 Å². The minimum Gasteiger partial charge on any atom is -0.381 e. The predicted molar refractivity (Wildman–Crippen MR) is 88.5 cm³/mol. The van der Waals surface area contributed by atoms with Gasteiger partial charge in [0.25, 0.3) is 5.91 Å². The van der Waals surface area contributed by atoms with E-state index in [0.29, 0.717) is 6.04 Å². The van der Waals surface area contributed by atoms with Crippen LogP contribution in [0.5, 0.6) is 0 Å². The molecule has 0 spiro atoms. The van der Waals surface area contributed by atoms with E-state index in [4.69, 9.17) is 22.1 Å². The molecule has 0 aliphatic carbocycles. The van der Waals surface area contributed by atoms with Crippen LogP contribution in [-0.2, 0) is 4.74 Å². The van der Waals surface area contributed by atoms with Crippen molar-refractivity contribution in [3.63, 3.8) is 0 Å². The third kappa shape index (κ3) is 3.46. The number of nitrogens with two attached hydrogens (primary N) is 1. The van der Waals surface area contributed by atoms with Crippen molar-refractivity contribution in [2.45, 2.75) is 44.9 Å². The number of likely N-dealkylation sites (tertiary alicyclic amines) is 1. The molecule has 0 unspecified atom stereocenters. The van der Waals surface area contributed by atoms with Gasteiger partial charge >= 0.3 is 0 Å². The molecule has 2 aliphatic heterocycles. The maximum atomic E-state index is 12.5. The van der Waals surface area contributed by atoms with Crippen LogP contribution in [0.1, 0.15) is 37.2 Å². The first kappa shape index (κ1) is 16.5. The number of hydrogen-bond donors (Lipinski definition) is 2. The number of nitrogens with zero attached hydrogens (tertiary/aromatic N) is 3. The molecule has 0 saturated carbocycles. The molecule has 3 rings (SSSR count). The molecule has 2 aliphatic rings. The molecule has 2 saturated heterocycles. The van der Waals surface area contributed by atoms with E-state index in [0.717, 1.165) is 39.0 Å². The van der Waals surface area contributed by atoms with Crippen molar-refractivity contribution in [3.8, 4) is 0 Å². The number of morpholine rings is 1. The van der Waals surface area contributed by atoms with Crippen LogP contribution in [0.25, 0.3) is 0 Å². The number of aromatic amines is 1. The summed E-state index contributed by atoms with van der Waals surface area (Å²) in [6.45, 7) is 7.60. The third-order valence-corrected chi connectivity index (χ3v) is 5.04. The number of anilines is 1. The SMILES string of the molecule is C[C@@H]1CN(C2CCN(C(=O)c3[nH]nc(N)c3Cl)CC2)C[C@H](C)O1. The Morgan fingerprint density at radius 3 is 2.43 bits per heavy atom. The van der Waals surface area contributed by atoms with Crippen molar-refractivity contribution < 1.29 is 9.53 Å². The van der Waals surface area contributed by atoms with Crippen molar-refractivity contribution in [3.05, 3.63) is 10.7 Å². The number of amides is 1. The largest absolute Gasteiger partial charge is 0.381 e. The van der Waals surface area contributed by atoms with E-state index in [2.05, 4.69) is 28.9 Å². The van der Waals surface area contributed by atoms with E-state index < -0.39 is 0 Å². The summed E-state index contributed by atoms with van der Waals surface area (Å²) in [5.41, 5.74) is 5.88. The highest BCUT2D eigenvalue weighted by atomic mass is 35.5. The fraction of sp³-hybridized carbons (Fsp3) is 0.733. The fourth-order valence-electron chi connectivity index (χ4n) is 3.59. The van der Waals surface area contributed by atoms with Crippen LogP contribution in [-0.4, -0.2) is 70.3 Å². The highest BCUT2D eigenvalue weighted by Crippen LogP contribution is 2.25. The minimum atomic E-state index is -0.124. The number of hydrogen-bond acceptors (Lipinski definition) is 5. The molecule has 8 heteroatoms. The predicted octanol–water partition coefficient (Wildman–Crippen LogP) is 1.36. The number of piperidine rings is 1. The number of ether oxygens (including phenoxy) is 1. The summed E-state index contributed by atoms with van der Waals surface area (Å²) in [6, 6.07) is 0.509. The van der Waals surface area contributed by atoms with Crippen LogP contribution in [0.3, 0.4) is 0 Å². The van der Waals surface area contributed by atoms with Crippen molar-refractivity contribution in [1.82, 2.24) is 20.0 Å². The summed E-state index contributed by atoms with van der Waals surface area (Å²) in [5.74, 6) is 0.0440. The van der Waals surface area contributed by atoms with Gasteiger partial charge in [-0.15, -0.1) is 0 Å². The minimum absolute atomic E-state index is 0.124. The first-order chi connectivity index (χ1) is 11.0. The zero-order chi connectivity index (χ0) is 16.6. The monoisotopic (exact) mass is 341 g/mol. The van der Waals surface area contributed by atoms with Crippen molar-refractivity contribution in [1.29, 1.82) is 0 Å². The highest BCUT2D eigenvalue weighted by molar-refractivity contribution is 6.35. The summed E-state index contributed by atoms with van der Waals surface area (Å²) in [5, 5.41) is 6.64. The van der Waals surface area contributed by atoms with Gasteiger partial charge in [-0.25, -0.2) is 0 Å². The zero-order valence-electron chi connectivity index (χ0n) is 13.6. The van der Waals surface area contributed by atoms with Gasteiger partial charge in [-0.1, -0.05) is 11.6 Å². The quantitative estimate of drug-likeness (QED) is 0.848. The Hall–Kier alpha value is -1.31. The first-order valence-electron chi connectivity index (χ1n) is 8.13. The number of carbonyl (C=O) groups is 1. The number of nitrogen functional groups attached to an aromatic ring is 1. The van der Waals surface area contributed by atoms with E-state index >= 15 is 0 Å². The van der Waals surface area contributed by atoms with Crippen molar-refractivity contribution in [2.24, 2.45) is 0 Å². The molecule has 1 aromatic rings. The van der Waals surface area contributed by atoms with E-state index in [1.165, 1.54) is 0 Å². The normalized spacial score (nSPS) is 27.3. The van der Waals surface area contributed by atoms with Crippen LogP contribution < -0.4 is 5.73 Å². The third-order valence-electron chi connectivity index (χ3n) is 4.66. The molecule has 3 N–H and O–H groups in total. The lowest BCUT2D eigenvalue weighted by atomic mass is 10.0. The van der Waals surface area contributed by atoms with Gasteiger partial charge in [-0.3, -0.25) is 14.8 Å². The molecule has 0 radical (unpaired) electrons. The van der Waals surface area contributed by atoms with Crippen molar-refractivity contribution in [2.75, 3.05) is 31.9 Å². The topological polar surface area (TPSA) is 87.5 Å². The Morgan fingerprint density at radius 2 is 1.91 bits per heavy atom. The Bertz CT molecular complexity index is 560. The van der Waals surface area contributed by atoms with E-state index in [1.807, 2.05) is 4.90 Å². The fourth-order valence-corrected chi connectivity index (χ4v) is 3.76. The first-order valence-corrected chi connectivity index (χ1v) is 8.51. The number of halogens is 1. The zero-order valence-corrected chi connectivity index (χ0v) is 14.3. The molecule has 0 aromatic carbocycles. The van der Waals surface area contributed by atoms with Crippen LogP contribution in [0.4, 0.5) is 5.82 Å². The molecule has 2 atom stereocenters.